The van der Waals surface area contributed by atoms with Gasteiger partial charge in [-0.1, -0.05) is 12.8 Å². The van der Waals surface area contributed by atoms with Gasteiger partial charge in [0.25, 0.3) is 5.69 Å². The molecule has 110 valence electrons. The van der Waals surface area contributed by atoms with Crippen LogP contribution in [0.4, 0.5) is 11.4 Å². The first-order chi connectivity index (χ1) is 9.54. The molecule has 2 rings (SSSR count). The van der Waals surface area contributed by atoms with Crippen LogP contribution >= 0.6 is 15.9 Å². The van der Waals surface area contributed by atoms with Gasteiger partial charge >= 0.3 is 0 Å². The van der Waals surface area contributed by atoms with Crippen molar-refractivity contribution in [2.75, 3.05) is 18.1 Å². The molecule has 0 unspecified atom stereocenters. The molecule has 0 heterocycles. The average molecular weight is 343 g/mol. The standard InChI is InChI=1S/C14H19BrN2O3/c1-10-8-14(12(15)9-13(10)17(19)20)16(6-7-18)11-4-2-3-5-11/h8-9,11,18H,2-7H2,1H3. The number of aliphatic hydroxyl groups is 1. The fourth-order valence-corrected chi connectivity index (χ4v) is 3.46. The molecule has 0 saturated heterocycles. The maximum absolute atomic E-state index is 11.0. The van der Waals surface area contributed by atoms with Gasteiger partial charge in [-0.05, 0) is 41.8 Å². The summed E-state index contributed by atoms with van der Waals surface area (Å²) in [6.07, 6.45) is 4.64. The molecular weight excluding hydrogens is 324 g/mol. The van der Waals surface area contributed by atoms with E-state index in [2.05, 4.69) is 20.8 Å². The first-order valence-corrected chi connectivity index (χ1v) is 7.66. The molecule has 0 atom stereocenters. The van der Waals surface area contributed by atoms with Crippen LogP contribution in [0.3, 0.4) is 0 Å². The van der Waals surface area contributed by atoms with Crippen LogP contribution in [0.15, 0.2) is 16.6 Å². The van der Waals surface area contributed by atoms with Crippen molar-refractivity contribution >= 4 is 27.3 Å². The van der Waals surface area contributed by atoms with E-state index >= 15 is 0 Å². The molecule has 20 heavy (non-hydrogen) atoms. The van der Waals surface area contributed by atoms with Gasteiger partial charge < -0.3 is 10.0 Å². The number of nitro benzene ring substituents is 1. The fraction of sp³-hybridized carbons (Fsp3) is 0.571. The van der Waals surface area contributed by atoms with E-state index in [0.29, 0.717) is 18.2 Å². The van der Waals surface area contributed by atoms with Gasteiger partial charge in [-0.15, -0.1) is 0 Å². The van der Waals surface area contributed by atoms with Crippen LogP contribution in [0.5, 0.6) is 0 Å². The molecule has 0 aliphatic heterocycles. The van der Waals surface area contributed by atoms with Crippen LogP contribution in [0, 0.1) is 17.0 Å². The van der Waals surface area contributed by atoms with Gasteiger partial charge in [-0.25, -0.2) is 0 Å². The predicted octanol–water partition coefficient (Wildman–Crippen LogP) is 3.41. The summed E-state index contributed by atoms with van der Waals surface area (Å²) >= 11 is 3.44. The van der Waals surface area contributed by atoms with E-state index in [4.69, 9.17) is 0 Å². The summed E-state index contributed by atoms with van der Waals surface area (Å²) in [5.41, 5.74) is 1.71. The van der Waals surface area contributed by atoms with Gasteiger partial charge in [0, 0.05) is 28.7 Å². The minimum absolute atomic E-state index is 0.0823. The van der Waals surface area contributed by atoms with Crippen molar-refractivity contribution in [1.82, 2.24) is 0 Å². The van der Waals surface area contributed by atoms with Crippen LogP contribution in [0.1, 0.15) is 31.2 Å². The van der Waals surface area contributed by atoms with Gasteiger partial charge in [-0.2, -0.15) is 0 Å². The smallest absolute Gasteiger partial charge is 0.273 e. The molecule has 6 heteroatoms. The molecule has 0 radical (unpaired) electrons. The number of halogens is 1. The van der Waals surface area contributed by atoms with E-state index in [9.17, 15) is 15.2 Å². The SMILES string of the molecule is Cc1cc(N(CCO)C2CCCC2)c(Br)cc1[N+](=O)[O-]. The first-order valence-electron chi connectivity index (χ1n) is 6.86. The Hall–Kier alpha value is -1.14. The molecule has 0 spiro atoms. The maximum Gasteiger partial charge on any atom is 0.273 e. The molecule has 1 fully saturated rings. The summed E-state index contributed by atoms with van der Waals surface area (Å²) in [4.78, 5) is 12.8. The number of rotatable bonds is 5. The maximum atomic E-state index is 11.0. The quantitative estimate of drug-likeness (QED) is 0.657. The van der Waals surface area contributed by atoms with Gasteiger partial charge in [0.05, 0.1) is 17.2 Å². The average Bonchev–Trinajstić information content (AvgIpc) is 2.92. The van der Waals surface area contributed by atoms with Gasteiger partial charge in [0.1, 0.15) is 0 Å². The highest BCUT2D eigenvalue weighted by Gasteiger charge is 2.25. The number of hydrogen-bond acceptors (Lipinski definition) is 4. The summed E-state index contributed by atoms with van der Waals surface area (Å²) in [6.45, 7) is 2.39. The number of aliphatic hydroxyl groups excluding tert-OH is 1. The van der Waals surface area contributed by atoms with Crippen molar-refractivity contribution in [2.45, 2.75) is 38.6 Å². The zero-order valence-electron chi connectivity index (χ0n) is 11.5. The normalized spacial score (nSPS) is 15.6. The highest BCUT2D eigenvalue weighted by Crippen LogP contribution is 2.36. The number of nitro groups is 1. The second-order valence-electron chi connectivity index (χ2n) is 5.20. The Balaban J connectivity index is 2.37. The van der Waals surface area contributed by atoms with Gasteiger partial charge in [0.15, 0.2) is 0 Å². The molecule has 1 aromatic rings. The first kappa shape index (κ1) is 15.3. The molecule has 1 aliphatic rings. The van der Waals surface area contributed by atoms with E-state index in [-0.39, 0.29) is 17.2 Å². The highest BCUT2D eigenvalue weighted by molar-refractivity contribution is 9.10. The Morgan fingerprint density at radius 3 is 2.65 bits per heavy atom. The number of nitrogens with zero attached hydrogens (tertiary/aromatic N) is 2. The van der Waals surface area contributed by atoms with E-state index in [0.717, 1.165) is 23.0 Å². The van der Waals surface area contributed by atoms with Crippen LogP contribution in [0.2, 0.25) is 0 Å². The third-order valence-corrected chi connectivity index (χ3v) is 4.51. The van der Waals surface area contributed by atoms with Gasteiger partial charge in [0.2, 0.25) is 0 Å². The Morgan fingerprint density at radius 2 is 2.10 bits per heavy atom. The molecule has 1 aromatic carbocycles. The zero-order valence-corrected chi connectivity index (χ0v) is 13.1. The Kier molecular flexibility index (Phi) is 4.99. The van der Waals surface area contributed by atoms with Crippen molar-refractivity contribution < 1.29 is 10.0 Å². The molecule has 0 amide bonds. The number of aryl methyl sites for hydroxylation is 1. The van der Waals surface area contributed by atoms with Crippen LogP contribution in [0.25, 0.3) is 0 Å². The van der Waals surface area contributed by atoms with E-state index in [1.807, 2.05) is 6.07 Å². The van der Waals surface area contributed by atoms with Crippen LogP contribution < -0.4 is 4.90 Å². The number of hydrogen-bond donors (Lipinski definition) is 1. The second-order valence-corrected chi connectivity index (χ2v) is 6.06. The topological polar surface area (TPSA) is 66.6 Å². The Morgan fingerprint density at radius 1 is 1.45 bits per heavy atom. The lowest BCUT2D eigenvalue weighted by atomic mass is 10.1. The lowest BCUT2D eigenvalue weighted by Gasteiger charge is -2.31. The van der Waals surface area contributed by atoms with E-state index < -0.39 is 0 Å². The van der Waals surface area contributed by atoms with Crippen molar-refractivity contribution in [1.29, 1.82) is 0 Å². The lowest BCUT2D eigenvalue weighted by Crippen LogP contribution is -2.36. The fourth-order valence-electron chi connectivity index (χ4n) is 2.90. The van der Waals surface area contributed by atoms with Crippen molar-refractivity contribution in [3.63, 3.8) is 0 Å². The number of benzene rings is 1. The predicted molar refractivity (Wildman–Crippen MR) is 82.2 cm³/mol. The van der Waals surface area contributed by atoms with E-state index in [1.54, 1.807) is 13.0 Å². The highest BCUT2D eigenvalue weighted by atomic mass is 79.9. The summed E-state index contributed by atoms with van der Waals surface area (Å²) in [6, 6.07) is 3.82. The minimum Gasteiger partial charge on any atom is -0.395 e. The molecule has 0 aromatic heterocycles. The summed E-state index contributed by atoms with van der Waals surface area (Å²) < 4.78 is 0.718. The summed E-state index contributed by atoms with van der Waals surface area (Å²) in [7, 11) is 0. The second kappa shape index (κ2) is 6.54. The number of anilines is 1. The van der Waals surface area contributed by atoms with Gasteiger partial charge in [-0.3, -0.25) is 10.1 Å². The molecule has 1 aliphatic carbocycles. The van der Waals surface area contributed by atoms with Crippen molar-refractivity contribution in [3.05, 3.63) is 32.3 Å². The Bertz CT molecular complexity index is 501. The third kappa shape index (κ3) is 3.12. The van der Waals surface area contributed by atoms with Crippen molar-refractivity contribution in [2.24, 2.45) is 0 Å². The molecule has 1 saturated carbocycles. The van der Waals surface area contributed by atoms with Crippen LogP contribution in [-0.4, -0.2) is 29.2 Å². The largest absolute Gasteiger partial charge is 0.395 e. The molecule has 0 bridgehead atoms. The third-order valence-electron chi connectivity index (χ3n) is 3.88. The molecule has 5 nitrogen and oxygen atoms in total. The lowest BCUT2D eigenvalue weighted by molar-refractivity contribution is -0.385. The summed E-state index contributed by atoms with van der Waals surface area (Å²) in [5.74, 6) is 0. The monoisotopic (exact) mass is 342 g/mol. The summed E-state index contributed by atoms with van der Waals surface area (Å²) in [5, 5.41) is 20.3. The Labute approximate surface area is 126 Å². The van der Waals surface area contributed by atoms with Crippen molar-refractivity contribution in [3.8, 4) is 0 Å². The zero-order chi connectivity index (χ0) is 14.7. The minimum atomic E-state index is -0.365. The molecular formula is C14H19BrN2O3. The molecule has 1 N–H and O–H groups in total. The van der Waals surface area contributed by atoms with E-state index in [1.165, 1.54) is 12.8 Å². The van der Waals surface area contributed by atoms with Crippen LogP contribution in [-0.2, 0) is 0 Å².